The van der Waals surface area contributed by atoms with Crippen LogP contribution in [-0.4, -0.2) is 17.8 Å². The van der Waals surface area contributed by atoms with E-state index in [1.807, 2.05) is 36.4 Å². The number of methoxy groups -OCH3 is 1. The van der Waals surface area contributed by atoms with Crippen LogP contribution in [0.15, 0.2) is 80.8 Å². The monoisotopic (exact) mass is 512 g/mol. The molecule has 2 aliphatic rings. The van der Waals surface area contributed by atoms with Gasteiger partial charge in [0.15, 0.2) is 0 Å². The number of hydrazone groups is 1. The highest BCUT2D eigenvalue weighted by Crippen LogP contribution is 2.48. The summed E-state index contributed by atoms with van der Waals surface area (Å²) in [5.74, 6) is 1.75. The minimum absolute atomic E-state index is 0.123. The molecule has 3 aromatic carbocycles. The molecule has 3 aromatic rings. The van der Waals surface area contributed by atoms with Crippen molar-refractivity contribution in [2.45, 2.75) is 18.7 Å². The highest BCUT2D eigenvalue weighted by atomic mass is 79.9. The van der Waals surface area contributed by atoms with Crippen molar-refractivity contribution in [2.75, 3.05) is 7.11 Å². The first-order valence-electron chi connectivity index (χ1n) is 9.34. The molecule has 2 heterocycles. The van der Waals surface area contributed by atoms with Crippen LogP contribution in [0.5, 0.6) is 11.5 Å². The smallest absolute Gasteiger partial charge is 0.213 e. The zero-order valence-electron chi connectivity index (χ0n) is 15.7. The van der Waals surface area contributed by atoms with Gasteiger partial charge in [0.2, 0.25) is 6.23 Å². The summed E-state index contributed by atoms with van der Waals surface area (Å²) < 4.78 is 13.8. The number of hydrogen-bond donors (Lipinski definition) is 0. The Hall–Kier alpha value is -2.31. The van der Waals surface area contributed by atoms with Crippen molar-refractivity contribution >= 4 is 37.6 Å². The zero-order chi connectivity index (χ0) is 20.0. The van der Waals surface area contributed by atoms with Crippen molar-refractivity contribution in [2.24, 2.45) is 5.10 Å². The highest BCUT2D eigenvalue weighted by molar-refractivity contribution is 9.10. The average molecular weight is 514 g/mol. The molecule has 0 saturated carbocycles. The van der Waals surface area contributed by atoms with Crippen molar-refractivity contribution in [1.29, 1.82) is 0 Å². The molecular weight excluding hydrogens is 496 g/mol. The van der Waals surface area contributed by atoms with Crippen LogP contribution < -0.4 is 9.47 Å². The van der Waals surface area contributed by atoms with Gasteiger partial charge in [-0.05, 0) is 60.2 Å². The van der Waals surface area contributed by atoms with E-state index in [2.05, 4.69) is 67.2 Å². The van der Waals surface area contributed by atoms with Crippen molar-refractivity contribution in [1.82, 2.24) is 5.01 Å². The molecule has 0 radical (unpaired) electrons. The van der Waals surface area contributed by atoms with E-state index in [-0.39, 0.29) is 12.3 Å². The molecule has 146 valence electrons. The van der Waals surface area contributed by atoms with E-state index in [0.29, 0.717) is 0 Å². The minimum Gasteiger partial charge on any atom is -0.497 e. The third-order valence-corrected chi connectivity index (χ3v) is 6.30. The Labute approximate surface area is 186 Å². The lowest BCUT2D eigenvalue weighted by molar-refractivity contribution is -0.0191. The molecule has 0 aliphatic carbocycles. The van der Waals surface area contributed by atoms with Gasteiger partial charge in [0.05, 0.1) is 18.9 Å². The van der Waals surface area contributed by atoms with Crippen LogP contribution in [0.4, 0.5) is 0 Å². The van der Waals surface area contributed by atoms with Gasteiger partial charge in [0, 0.05) is 26.5 Å². The van der Waals surface area contributed by atoms with Gasteiger partial charge in [0.25, 0.3) is 0 Å². The zero-order valence-corrected chi connectivity index (χ0v) is 18.9. The van der Waals surface area contributed by atoms with E-state index < -0.39 is 0 Å². The number of fused-ring (bicyclic) bond motifs is 3. The summed E-state index contributed by atoms with van der Waals surface area (Å²) in [6.07, 6.45) is 0.547. The van der Waals surface area contributed by atoms with Gasteiger partial charge < -0.3 is 9.47 Å². The fourth-order valence-corrected chi connectivity index (χ4v) is 4.69. The Kier molecular flexibility index (Phi) is 4.84. The molecule has 0 amide bonds. The van der Waals surface area contributed by atoms with Gasteiger partial charge in [-0.15, -0.1) is 0 Å². The van der Waals surface area contributed by atoms with E-state index in [1.165, 1.54) is 0 Å². The second kappa shape index (κ2) is 7.50. The lowest BCUT2D eigenvalue weighted by Crippen LogP contribution is -2.33. The lowest BCUT2D eigenvalue weighted by atomic mass is 9.96. The molecule has 5 rings (SSSR count). The number of hydrogen-bond acceptors (Lipinski definition) is 4. The molecule has 0 aromatic heterocycles. The maximum atomic E-state index is 6.42. The fourth-order valence-electron chi connectivity index (χ4n) is 3.90. The van der Waals surface area contributed by atoms with E-state index >= 15 is 0 Å². The van der Waals surface area contributed by atoms with Crippen molar-refractivity contribution in [3.8, 4) is 11.5 Å². The summed E-state index contributed by atoms with van der Waals surface area (Å²) in [5, 5.41) is 7.10. The average Bonchev–Trinajstić information content (AvgIpc) is 3.19. The van der Waals surface area contributed by atoms with Gasteiger partial charge in [-0.3, -0.25) is 0 Å². The van der Waals surface area contributed by atoms with Crippen LogP contribution in [0, 0.1) is 0 Å². The normalized spacial score (nSPS) is 19.8. The Morgan fingerprint density at radius 1 is 1.00 bits per heavy atom. The molecule has 6 heteroatoms. The standard InChI is InChI=1S/C23H18Br2N2O2/c1-28-18-8-5-14(6-9-18)20-13-21-19-12-17(25)7-10-22(19)29-23(27(21)26-20)15-3-2-4-16(24)11-15/h2-12,21,23H,13H2,1H3/t21-,23-/m1/s1. The maximum Gasteiger partial charge on any atom is 0.213 e. The molecule has 0 N–H and O–H groups in total. The predicted octanol–water partition coefficient (Wildman–Crippen LogP) is 6.46. The van der Waals surface area contributed by atoms with Crippen molar-refractivity contribution in [3.63, 3.8) is 0 Å². The second-order valence-electron chi connectivity index (χ2n) is 7.08. The summed E-state index contributed by atoms with van der Waals surface area (Å²) in [6.45, 7) is 0. The molecule has 0 saturated heterocycles. The fraction of sp³-hybridized carbons (Fsp3) is 0.174. The molecule has 0 fully saturated rings. The van der Waals surface area contributed by atoms with E-state index in [4.69, 9.17) is 14.6 Å². The molecular formula is C23H18Br2N2O2. The van der Waals surface area contributed by atoms with Crippen LogP contribution in [-0.2, 0) is 0 Å². The number of rotatable bonds is 3. The van der Waals surface area contributed by atoms with Crippen molar-refractivity contribution < 1.29 is 9.47 Å². The van der Waals surface area contributed by atoms with Crippen LogP contribution in [0.2, 0.25) is 0 Å². The summed E-state index contributed by atoms with van der Waals surface area (Å²) in [5.41, 5.74) is 4.37. The number of halogens is 2. The molecule has 0 unspecified atom stereocenters. The Morgan fingerprint density at radius 3 is 2.55 bits per heavy atom. The maximum absolute atomic E-state index is 6.42. The predicted molar refractivity (Wildman–Crippen MR) is 120 cm³/mol. The molecule has 2 aliphatic heterocycles. The molecule has 4 nitrogen and oxygen atoms in total. The Morgan fingerprint density at radius 2 is 1.79 bits per heavy atom. The Bertz CT molecular complexity index is 1100. The summed E-state index contributed by atoms with van der Waals surface area (Å²) in [6, 6.07) is 22.6. The van der Waals surface area contributed by atoms with Gasteiger partial charge in [-0.1, -0.05) is 44.0 Å². The van der Waals surface area contributed by atoms with E-state index in [9.17, 15) is 0 Å². The van der Waals surface area contributed by atoms with Crippen LogP contribution in [0.1, 0.15) is 35.4 Å². The summed E-state index contributed by atoms with van der Waals surface area (Å²) >= 11 is 7.18. The first-order chi connectivity index (χ1) is 14.1. The first-order valence-corrected chi connectivity index (χ1v) is 10.9. The Balaban J connectivity index is 1.58. The SMILES string of the molecule is COc1ccc(C2=NN3[C@H](C2)c2cc(Br)ccc2O[C@@H]3c2cccc(Br)c2)cc1. The van der Waals surface area contributed by atoms with Crippen molar-refractivity contribution in [3.05, 3.63) is 92.4 Å². The van der Waals surface area contributed by atoms with E-state index in [1.54, 1.807) is 7.11 Å². The van der Waals surface area contributed by atoms with E-state index in [0.717, 1.165) is 49.3 Å². The quantitative estimate of drug-likeness (QED) is 0.403. The molecule has 0 spiro atoms. The van der Waals surface area contributed by atoms with Gasteiger partial charge in [-0.25, -0.2) is 5.01 Å². The molecule has 0 bridgehead atoms. The van der Waals surface area contributed by atoms with Crippen LogP contribution in [0.3, 0.4) is 0 Å². The van der Waals surface area contributed by atoms with Crippen LogP contribution in [0.25, 0.3) is 0 Å². The third-order valence-electron chi connectivity index (χ3n) is 5.31. The van der Waals surface area contributed by atoms with Gasteiger partial charge in [-0.2, -0.15) is 5.10 Å². The van der Waals surface area contributed by atoms with Gasteiger partial charge in [0.1, 0.15) is 11.5 Å². The number of nitrogens with zero attached hydrogens (tertiary/aromatic N) is 2. The molecule has 29 heavy (non-hydrogen) atoms. The third kappa shape index (κ3) is 3.45. The second-order valence-corrected chi connectivity index (χ2v) is 8.91. The number of benzene rings is 3. The molecule has 2 atom stereocenters. The van der Waals surface area contributed by atoms with Crippen LogP contribution >= 0.6 is 31.9 Å². The number of ether oxygens (including phenoxy) is 2. The summed E-state index contributed by atoms with van der Waals surface area (Å²) in [7, 11) is 1.68. The first kappa shape index (κ1) is 18.7. The van der Waals surface area contributed by atoms with Gasteiger partial charge >= 0.3 is 0 Å². The topological polar surface area (TPSA) is 34.1 Å². The highest BCUT2D eigenvalue weighted by Gasteiger charge is 2.41. The minimum atomic E-state index is -0.276. The summed E-state index contributed by atoms with van der Waals surface area (Å²) in [4.78, 5) is 0. The lowest BCUT2D eigenvalue weighted by Gasteiger charge is -2.38. The largest absolute Gasteiger partial charge is 0.497 e.